The van der Waals surface area contributed by atoms with Gasteiger partial charge in [0.05, 0.1) is 12.4 Å². The van der Waals surface area contributed by atoms with Gasteiger partial charge in [-0.25, -0.2) is 13.1 Å². The predicted octanol–water partition coefficient (Wildman–Crippen LogP) is -0.229. The van der Waals surface area contributed by atoms with E-state index in [4.69, 9.17) is 0 Å². The highest BCUT2D eigenvalue weighted by Gasteiger charge is 2.25. The first kappa shape index (κ1) is 13.9. The van der Waals surface area contributed by atoms with Crippen molar-refractivity contribution in [3.05, 3.63) is 0 Å². The smallest absolute Gasteiger partial charge is 0.208 e. The number of hydrogen-bond acceptors (Lipinski definition) is 4. The molecule has 0 bridgehead atoms. The molecule has 1 fully saturated rings. The summed E-state index contributed by atoms with van der Waals surface area (Å²) >= 11 is 0. The normalized spacial score (nSPS) is 24.8. The molecule has 6 heteroatoms. The van der Waals surface area contributed by atoms with Crippen LogP contribution in [0.5, 0.6) is 0 Å². The SMILES string of the molecule is C[C@@H](O)C[C@@H]1CCCN1CCNS(C)(=O)=O. The second-order valence-corrected chi connectivity index (χ2v) is 6.42. The van der Waals surface area contributed by atoms with Gasteiger partial charge in [-0.15, -0.1) is 0 Å². The Hall–Kier alpha value is -0.170. The van der Waals surface area contributed by atoms with Crippen molar-refractivity contribution in [2.24, 2.45) is 0 Å². The van der Waals surface area contributed by atoms with Crippen LogP contribution >= 0.6 is 0 Å². The quantitative estimate of drug-likeness (QED) is 0.683. The molecule has 0 aromatic heterocycles. The first-order valence-electron chi connectivity index (χ1n) is 5.75. The molecule has 1 aliphatic rings. The van der Waals surface area contributed by atoms with E-state index in [1.165, 1.54) is 6.26 Å². The summed E-state index contributed by atoms with van der Waals surface area (Å²) in [5.74, 6) is 0. The number of aliphatic hydroxyl groups excluding tert-OH is 1. The summed E-state index contributed by atoms with van der Waals surface area (Å²) in [4.78, 5) is 2.25. The molecule has 0 radical (unpaired) electrons. The highest BCUT2D eigenvalue weighted by molar-refractivity contribution is 7.88. The van der Waals surface area contributed by atoms with Crippen LogP contribution in [0.2, 0.25) is 0 Å². The Morgan fingerprint density at radius 1 is 1.56 bits per heavy atom. The molecule has 0 saturated carbocycles. The molecule has 1 aliphatic heterocycles. The highest BCUT2D eigenvalue weighted by atomic mass is 32.2. The van der Waals surface area contributed by atoms with E-state index in [2.05, 4.69) is 9.62 Å². The van der Waals surface area contributed by atoms with Crippen molar-refractivity contribution in [3.8, 4) is 0 Å². The molecule has 0 spiro atoms. The lowest BCUT2D eigenvalue weighted by Gasteiger charge is -2.25. The number of sulfonamides is 1. The molecular weight excluding hydrogens is 228 g/mol. The first-order valence-corrected chi connectivity index (χ1v) is 7.64. The molecule has 1 rings (SSSR count). The maximum atomic E-state index is 10.9. The first-order chi connectivity index (χ1) is 7.38. The van der Waals surface area contributed by atoms with Gasteiger partial charge in [0.15, 0.2) is 0 Å². The molecule has 1 saturated heterocycles. The van der Waals surface area contributed by atoms with Crippen LogP contribution in [-0.2, 0) is 10.0 Å². The van der Waals surface area contributed by atoms with Crippen molar-refractivity contribution < 1.29 is 13.5 Å². The van der Waals surface area contributed by atoms with Gasteiger partial charge in [0.1, 0.15) is 0 Å². The molecule has 2 N–H and O–H groups in total. The summed E-state index contributed by atoms with van der Waals surface area (Å²) in [5.41, 5.74) is 0. The Balaban J connectivity index is 2.30. The van der Waals surface area contributed by atoms with Crippen LogP contribution in [-0.4, -0.2) is 56.5 Å². The second-order valence-electron chi connectivity index (χ2n) is 4.58. The molecule has 5 nitrogen and oxygen atoms in total. The van der Waals surface area contributed by atoms with Crippen LogP contribution in [0.25, 0.3) is 0 Å². The second kappa shape index (κ2) is 5.95. The van der Waals surface area contributed by atoms with Gasteiger partial charge in [-0.05, 0) is 32.7 Å². The Labute approximate surface area is 97.9 Å². The van der Waals surface area contributed by atoms with Gasteiger partial charge in [0.2, 0.25) is 10.0 Å². The summed E-state index contributed by atoms with van der Waals surface area (Å²) in [6, 6.07) is 0.404. The van der Waals surface area contributed by atoms with E-state index in [-0.39, 0.29) is 6.10 Å². The van der Waals surface area contributed by atoms with Crippen molar-refractivity contribution in [1.82, 2.24) is 9.62 Å². The van der Waals surface area contributed by atoms with Gasteiger partial charge in [0.25, 0.3) is 0 Å². The van der Waals surface area contributed by atoms with Gasteiger partial charge >= 0.3 is 0 Å². The van der Waals surface area contributed by atoms with Crippen LogP contribution in [0, 0.1) is 0 Å². The molecule has 0 aromatic rings. The fourth-order valence-corrected chi connectivity index (χ4v) is 2.69. The highest BCUT2D eigenvalue weighted by Crippen LogP contribution is 2.20. The number of likely N-dealkylation sites (tertiary alicyclic amines) is 1. The van der Waals surface area contributed by atoms with Crippen molar-refractivity contribution in [3.63, 3.8) is 0 Å². The Kier molecular flexibility index (Phi) is 5.17. The summed E-state index contributed by atoms with van der Waals surface area (Å²) in [7, 11) is -3.08. The number of nitrogens with one attached hydrogen (secondary N) is 1. The average molecular weight is 250 g/mol. The van der Waals surface area contributed by atoms with Crippen molar-refractivity contribution >= 4 is 10.0 Å². The van der Waals surface area contributed by atoms with Crippen molar-refractivity contribution in [2.75, 3.05) is 25.9 Å². The third-order valence-electron chi connectivity index (χ3n) is 2.88. The summed E-state index contributed by atoms with van der Waals surface area (Å²) in [5, 5.41) is 9.35. The van der Waals surface area contributed by atoms with E-state index < -0.39 is 10.0 Å². The molecule has 96 valence electrons. The maximum absolute atomic E-state index is 10.9. The zero-order valence-corrected chi connectivity index (χ0v) is 10.8. The largest absolute Gasteiger partial charge is 0.393 e. The van der Waals surface area contributed by atoms with Crippen LogP contribution in [0.3, 0.4) is 0 Å². The van der Waals surface area contributed by atoms with E-state index in [1.54, 1.807) is 6.92 Å². The van der Waals surface area contributed by atoms with Gasteiger partial charge < -0.3 is 5.11 Å². The minimum atomic E-state index is -3.08. The lowest BCUT2D eigenvalue weighted by Crippen LogP contribution is -2.38. The standard InChI is InChI=1S/C10H22N2O3S/c1-9(13)8-10-4-3-6-12(10)7-5-11-16(2,14)15/h9-11,13H,3-8H2,1-2H3/t9-,10+/m1/s1. The Morgan fingerprint density at radius 2 is 2.25 bits per heavy atom. The van der Waals surface area contributed by atoms with E-state index in [9.17, 15) is 13.5 Å². The molecule has 1 heterocycles. The van der Waals surface area contributed by atoms with Crippen LogP contribution in [0.15, 0.2) is 0 Å². The molecular formula is C10H22N2O3S. The van der Waals surface area contributed by atoms with E-state index in [1.807, 2.05) is 0 Å². The molecule has 16 heavy (non-hydrogen) atoms. The fourth-order valence-electron chi connectivity index (χ4n) is 2.22. The van der Waals surface area contributed by atoms with Gasteiger partial charge in [-0.2, -0.15) is 0 Å². The third-order valence-corrected chi connectivity index (χ3v) is 3.60. The minimum absolute atomic E-state index is 0.284. The zero-order chi connectivity index (χ0) is 12.2. The molecule has 2 atom stereocenters. The topological polar surface area (TPSA) is 69.6 Å². The number of hydrogen-bond donors (Lipinski definition) is 2. The van der Waals surface area contributed by atoms with Crippen LogP contribution in [0.4, 0.5) is 0 Å². The zero-order valence-electron chi connectivity index (χ0n) is 10.0. The minimum Gasteiger partial charge on any atom is -0.393 e. The molecule has 0 unspecified atom stereocenters. The number of aliphatic hydroxyl groups is 1. The fraction of sp³-hybridized carbons (Fsp3) is 1.00. The van der Waals surface area contributed by atoms with Crippen molar-refractivity contribution in [1.29, 1.82) is 0 Å². The van der Waals surface area contributed by atoms with Crippen LogP contribution < -0.4 is 4.72 Å². The third kappa shape index (κ3) is 5.25. The number of nitrogens with zero attached hydrogens (tertiary/aromatic N) is 1. The molecule has 0 amide bonds. The maximum Gasteiger partial charge on any atom is 0.208 e. The van der Waals surface area contributed by atoms with E-state index in [0.717, 1.165) is 32.4 Å². The summed E-state index contributed by atoms with van der Waals surface area (Å²) in [6.07, 6.45) is 3.90. The molecule has 0 aromatic carbocycles. The van der Waals surface area contributed by atoms with Crippen LogP contribution in [0.1, 0.15) is 26.2 Å². The van der Waals surface area contributed by atoms with E-state index in [0.29, 0.717) is 12.6 Å². The van der Waals surface area contributed by atoms with Gasteiger partial charge in [0, 0.05) is 19.1 Å². The lowest BCUT2D eigenvalue weighted by molar-refractivity contribution is 0.135. The predicted molar refractivity (Wildman–Crippen MR) is 63.7 cm³/mol. The van der Waals surface area contributed by atoms with Gasteiger partial charge in [-0.3, -0.25) is 4.90 Å². The Morgan fingerprint density at radius 3 is 2.81 bits per heavy atom. The monoisotopic (exact) mass is 250 g/mol. The average Bonchev–Trinajstić information content (AvgIpc) is 2.49. The molecule has 0 aliphatic carbocycles. The lowest BCUT2D eigenvalue weighted by atomic mass is 10.1. The summed E-state index contributed by atoms with van der Waals surface area (Å²) < 4.78 is 24.3. The van der Waals surface area contributed by atoms with Crippen molar-refractivity contribution in [2.45, 2.75) is 38.3 Å². The summed E-state index contributed by atoms with van der Waals surface area (Å²) in [6.45, 7) is 3.98. The van der Waals surface area contributed by atoms with E-state index >= 15 is 0 Å². The number of rotatable bonds is 6. The Bertz CT molecular complexity index is 303. The van der Waals surface area contributed by atoms with Gasteiger partial charge in [-0.1, -0.05) is 0 Å².